The lowest BCUT2D eigenvalue weighted by Gasteiger charge is -2.34. The van der Waals surface area contributed by atoms with Gasteiger partial charge >= 0.3 is 0 Å². The summed E-state index contributed by atoms with van der Waals surface area (Å²) >= 11 is 0. The van der Waals surface area contributed by atoms with Crippen molar-refractivity contribution in [2.24, 2.45) is 5.92 Å². The lowest BCUT2D eigenvalue weighted by Crippen LogP contribution is -2.46. The molecule has 0 radical (unpaired) electrons. The van der Waals surface area contributed by atoms with Crippen molar-refractivity contribution in [3.05, 3.63) is 35.9 Å². The van der Waals surface area contributed by atoms with Crippen LogP contribution in [0, 0.1) is 5.92 Å². The van der Waals surface area contributed by atoms with Gasteiger partial charge in [0.15, 0.2) is 0 Å². The van der Waals surface area contributed by atoms with E-state index in [4.69, 9.17) is 4.74 Å². The molecule has 0 aliphatic carbocycles. The highest BCUT2D eigenvalue weighted by Gasteiger charge is 2.30. The van der Waals surface area contributed by atoms with Gasteiger partial charge < -0.3 is 14.7 Å². The minimum atomic E-state index is -0.510. The van der Waals surface area contributed by atoms with E-state index in [2.05, 4.69) is 4.90 Å². The van der Waals surface area contributed by atoms with Crippen LogP contribution in [0.2, 0.25) is 0 Å². The zero-order chi connectivity index (χ0) is 17.5. The van der Waals surface area contributed by atoms with Gasteiger partial charge in [0, 0.05) is 26.2 Å². The molecule has 2 saturated heterocycles. The molecule has 2 atom stereocenters. The van der Waals surface area contributed by atoms with Gasteiger partial charge in [0.25, 0.3) is 0 Å². The molecule has 0 bridgehead atoms. The number of amides is 1. The molecule has 0 aromatic heterocycles. The number of aliphatic hydroxyl groups excluding tert-OH is 1. The number of hydrogen-bond donors (Lipinski definition) is 1. The lowest BCUT2D eigenvalue weighted by atomic mass is 9.96. The molecule has 2 fully saturated rings. The minimum absolute atomic E-state index is 0.101. The third kappa shape index (κ3) is 5.53. The van der Waals surface area contributed by atoms with Crippen LogP contribution in [0.25, 0.3) is 0 Å². The van der Waals surface area contributed by atoms with Gasteiger partial charge in [0.2, 0.25) is 5.91 Å². The molecule has 1 aromatic carbocycles. The third-order valence-electron chi connectivity index (χ3n) is 5.16. The quantitative estimate of drug-likeness (QED) is 0.819. The zero-order valence-corrected chi connectivity index (χ0v) is 15.0. The number of likely N-dealkylation sites (tertiary alicyclic amines) is 2. The molecule has 0 spiro atoms. The molecule has 2 aliphatic rings. The molecule has 1 aromatic rings. The fraction of sp³-hybridized carbons (Fsp3) is 0.650. The average molecular weight is 346 g/mol. The van der Waals surface area contributed by atoms with E-state index in [0.717, 1.165) is 57.4 Å². The molecule has 3 rings (SSSR count). The van der Waals surface area contributed by atoms with Crippen LogP contribution >= 0.6 is 0 Å². The summed E-state index contributed by atoms with van der Waals surface area (Å²) < 4.78 is 5.63. The molecule has 5 nitrogen and oxygen atoms in total. The number of carbonyl (C=O) groups excluding carboxylic acids is 1. The summed E-state index contributed by atoms with van der Waals surface area (Å²) in [6.45, 7) is 5.00. The number of ether oxygens (including phenoxy) is 1. The predicted octanol–water partition coefficient (Wildman–Crippen LogP) is 1.90. The summed E-state index contributed by atoms with van der Waals surface area (Å²) in [6.07, 6.45) is 3.78. The topological polar surface area (TPSA) is 53.0 Å². The fourth-order valence-electron chi connectivity index (χ4n) is 3.86. The first-order chi connectivity index (χ1) is 12.2. The Hall–Kier alpha value is -1.43. The molecule has 2 heterocycles. The summed E-state index contributed by atoms with van der Waals surface area (Å²) in [5, 5.41) is 10.3. The summed E-state index contributed by atoms with van der Waals surface area (Å²) in [5.41, 5.74) is 1.11. The first-order valence-corrected chi connectivity index (χ1v) is 9.53. The number of benzene rings is 1. The molecule has 0 unspecified atom stereocenters. The highest BCUT2D eigenvalue weighted by Crippen LogP contribution is 2.21. The molecule has 0 saturated carbocycles. The Bertz CT molecular complexity index is 531. The van der Waals surface area contributed by atoms with Crippen molar-refractivity contribution < 1.29 is 14.6 Å². The number of nitrogens with zero attached hydrogens (tertiary/aromatic N) is 2. The number of hydrogen-bond acceptors (Lipinski definition) is 4. The van der Waals surface area contributed by atoms with Crippen LogP contribution in [0.5, 0.6) is 0 Å². The van der Waals surface area contributed by atoms with Crippen molar-refractivity contribution in [2.75, 3.05) is 39.3 Å². The first kappa shape index (κ1) is 18.4. The molecule has 1 amide bonds. The van der Waals surface area contributed by atoms with E-state index in [1.54, 1.807) is 0 Å². The van der Waals surface area contributed by atoms with E-state index < -0.39 is 6.10 Å². The average Bonchev–Trinajstić information content (AvgIpc) is 3.17. The summed E-state index contributed by atoms with van der Waals surface area (Å²) in [7, 11) is 0. The Morgan fingerprint density at radius 1 is 1.16 bits per heavy atom. The Kier molecular flexibility index (Phi) is 6.84. The van der Waals surface area contributed by atoms with Crippen LogP contribution in [-0.4, -0.2) is 66.2 Å². The van der Waals surface area contributed by atoms with Crippen LogP contribution in [0.1, 0.15) is 31.2 Å². The normalized spacial score (nSPS) is 22.9. The zero-order valence-electron chi connectivity index (χ0n) is 15.0. The lowest BCUT2D eigenvalue weighted by molar-refractivity contribution is -0.136. The molecule has 5 heteroatoms. The van der Waals surface area contributed by atoms with Crippen molar-refractivity contribution in [3.8, 4) is 0 Å². The first-order valence-electron chi connectivity index (χ1n) is 9.53. The second kappa shape index (κ2) is 9.32. The highest BCUT2D eigenvalue weighted by molar-refractivity contribution is 5.79. The molecule has 1 N–H and O–H groups in total. The Morgan fingerprint density at radius 2 is 1.92 bits per heavy atom. The van der Waals surface area contributed by atoms with Gasteiger partial charge in [-0.3, -0.25) is 9.69 Å². The van der Waals surface area contributed by atoms with Gasteiger partial charge in [-0.2, -0.15) is 0 Å². The second-order valence-electron chi connectivity index (χ2n) is 7.29. The maximum absolute atomic E-state index is 12.6. The van der Waals surface area contributed by atoms with Crippen LogP contribution in [-0.2, 0) is 16.1 Å². The molecule has 25 heavy (non-hydrogen) atoms. The van der Waals surface area contributed by atoms with E-state index >= 15 is 0 Å². The van der Waals surface area contributed by atoms with E-state index in [1.807, 2.05) is 35.2 Å². The van der Waals surface area contributed by atoms with Crippen LogP contribution in [0.3, 0.4) is 0 Å². The van der Waals surface area contributed by atoms with Gasteiger partial charge in [-0.1, -0.05) is 30.3 Å². The van der Waals surface area contributed by atoms with Crippen molar-refractivity contribution in [3.63, 3.8) is 0 Å². The SMILES string of the molecule is O=C([C@H]1CCCN(C[C@@H](O)COCc2ccccc2)C1)N1CCCC1. The molecular formula is C20H30N2O3. The minimum Gasteiger partial charge on any atom is -0.389 e. The largest absolute Gasteiger partial charge is 0.389 e. The Labute approximate surface area is 150 Å². The number of β-amino-alcohol motifs (C(OH)–C–C–N with tert-alkyl or cyclic N) is 1. The molecule has 2 aliphatic heterocycles. The highest BCUT2D eigenvalue weighted by atomic mass is 16.5. The van der Waals surface area contributed by atoms with Crippen LogP contribution in [0.15, 0.2) is 30.3 Å². The molecular weight excluding hydrogens is 316 g/mol. The van der Waals surface area contributed by atoms with E-state index in [9.17, 15) is 9.90 Å². The van der Waals surface area contributed by atoms with Crippen molar-refractivity contribution in [1.82, 2.24) is 9.80 Å². The Morgan fingerprint density at radius 3 is 2.68 bits per heavy atom. The van der Waals surface area contributed by atoms with Gasteiger partial charge in [-0.05, 0) is 37.8 Å². The van der Waals surface area contributed by atoms with E-state index in [0.29, 0.717) is 25.7 Å². The van der Waals surface area contributed by atoms with Crippen LogP contribution < -0.4 is 0 Å². The van der Waals surface area contributed by atoms with E-state index in [1.165, 1.54) is 0 Å². The molecule has 138 valence electrons. The van der Waals surface area contributed by atoms with Crippen molar-refractivity contribution >= 4 is 5.91 Å². The van der Waals surface area contributed by atoms with Crippen LogP contribution in [0.4, 0.5) is 0 Å². The summed E-state index contributed by atoms with van der Waals surface area (Å²) in [4.78, 5) is 16.8. The number of rotatable bonds is 7. The maximum atomic E-state index is 12.6. The van der Waals surface area contributed by atoms with Crippen molar-refractivity contribution in [1.29, 1.82) is 0 Å². The monoisotopic (exact) mass is 346 g/mol. The predicted molar refractivity (Wildman–Crippen MR) is 97.1 cm³/mol. The number of carbonyl (C=O) groups is 1. The van der Waals surface area contributed by atoms with Gasteiger partial charge in [-0.15, -0.1) is 0 Å². The number of aliphatic hydroxyl groups is 1. The van der Waals surface area contributed by atoms with Gasteiger partial charge in [0.05, 0.1) is 25.2 Å². The fourth-order valence-corrected chi connectivity index (χ4v) is 3.86. The maximum Gasteiger partial charge on any atom is 0.226 e. The van der Waals surface area contributed by atoms with Crippen molar-refractivity contribution in [2.45, 2.75) is 38.4 Å². The number of piperidine rings is 1. The summed E-state index contributed by atoms with van der Waals surface area (Å²) in [6, 6.07) is 9.99. The van der Waals surface area contributed by atoms with E-state index in [-0.39, 0.29) is 5.92 Å². The smallest absolute Gasteiger partial charge is 0.226 e. The standard InChI is InChI=1S/C20H30N2O3/c23-19(16-25-15-17-7-2-1-3-8-17)14-21-10-6-9-18(13-21)20(24)22-11-4-5-12-22/h1-3,7-8,18-19,23H,4-6,9-16H2/t18-,19+/m0/s1. The summed E-state index contributed by atoms with van der Waals surface area (Å²) in [5.74, 6) is 0.418. The van der Waals surface area contributed by atoms with Gasteiger partial charge in [0.1, 0.15) is 0 Å². The Balaban J connectivity index is 1.38. The third-order valence-corrected chi connectivity index (χ3v) is 5.16. The second-order valence-corrected chi connectivity index (χ2v) is 7.29. The van der Waals surface area contributed by atoms with Gasteiger partial charge in [-0.25, -0.2) is 0 Å².